The highest BCUT2D eigenvalue weighted by atomic mass is 79.9. The van der Waals surface area contributed by atoms with Gasteiger partial charge in [0.2, 0.25) is 11.8 Å². The fourth-order valence-electron chi connectivity index (χ4n) is 6.07. The van der Waals surface area contributed by atoms with E-state index in [9.17, 15) is 14.4 Å². The number of ether oxygens (including phenoxy) is 2. The van der Waals surface area contributed by atoms with Crippen LogP contribution in [0.3, 0.4) is 0 Å². The lowest BCUT2D eigenvalue weighted by atomic mass is 9.83. The number of Topliss-reactive ketones (excluding diaryl/α,β-unsaturated/α-hetero) is 1. The maximum absolute atomic E-state index is 14.0. The lowest BCUT2D eigenvalue weighted by Crippen LogP contribution is -2.44. The fourth-order valence-corrected chi connectivity index (χ4v) is 6.33. The average molecular weight is 557 g/mol. The summed E-state index contributed by atoms with van der Waals surface area (Å²) in [6.07, 6.45) is 3.81. The van der Waals surface area contributed by atoms with E-state index in [0.29, 0.717) is 36.0 Å². The number of amides is 2. The second-order valence-corrected chi connectivity index (χ2v) is 10.5. The fraction of sp³-hybridized carbons (Fsp3) is 0.207. The molecule has 4 atom stereocenters. The lowest BCUT2D eigenvalue weighted by Gasteiger charge is -2.35. The molecule has 7 rings (SSSR count). The summed E-state index contributed by atoms with van der Waals surface area (Å²) >= 11 is 3.42. The average Bonchev–Trinajstić information content (AvgIpc) is 3.40. The summed E-state index contributed by atoms with van der Waals surface area (Å²) < 4.78 is 12.2. The van der Waals surface area contributed by atoms with Gasteiger partial charge in [-0.3, -0.25) is 14.4 Å². The van der Waals surface area contributed by atoms with Crippen LogP contribution in [0.25, 0.3) is 6.08 Å². The van der Waals surface area contributed by atoms with Crippen molar-refractivity contribution in [2.24, 2.45) is 11.8 Å². The van der Waals surface area contributed by atoms with Crippen LogP contribution in [0.1, 0.15) is 27.5 Å². The number of imide groups is 1. The van der Waals surface area contributed by atoms with Gasteiger partial charge in [-0.05, 0) is 41.5 Å². The molecule has 8 heteroatoms. The highest BCUT2D eigenvalue weighted by molar-refractivity contribution is 9.10. The summed E-state index contributed by atoms with van der Waals surface area (Å²) in [6.45, 7) is 0.843. The number of benzene rings is 3. The molecular weight excluding hydrogens is 536 g/mol. The molecule has 4 aliphatic rings. The van der Waals surface area contributed by atoms with Gasteiger partial charge in [0.1, 0.15) is 19.3 Å². The van der Waals surface area contributed by atoms with E-state index in [0.717, 1.165) is 15.6 Å². The molecule has 37 heavy (non-hydrogen) atoms. The summed E-state index contributed by atoms with van der Waals surface area (Å²) in [7, 11) is 0. The zero-order valence-corrected chi connectivity index (χ0v) is 21.1. The van der Waals surface area contributed by atoms with Crippen LogP contribution in [0.5, 0.6) is 11.5 Å². The molecule has 0 aliphatic carbocycles. The number of anilines is 1. The van der Waals surface area contributed by atoms with E-state index >= 15 is 0 Å². The maximum Gasteiger partial charge on any atom is 0.240 e. The van der Waals surface area contributed by atoms with Gasteiger partial charge in [-0.25, -0.2) is 4.90 Å². The van der Waals surface area contributed by atoms with Crippen LogP contribution >= 0.6 is 15.9 Å². The van der Waals surface area contributed by atoms with Gasteiger partial charge >= 0.3 is 0 Å². The molecule has 0 unspecified atom stereocenters. The van der Waals surface area contributed by atoms with Crippen LogP contribution in [0.4, 0.5) is 5.69 Å². The number of nitrogens with zero attached hydrogens (tertiary/aromatic N) is 2. The molecule has 2 fully saturated rings. The van der Waals surface area contributed by atoms with E-state index in [2.05, 4.69) is 15.9 Å². The van der Waals surface area contributed by atoms with Crippen molar-refractivity contribution in [1.82, 2.24) is 4.90 Å². The molecule has 3 aromatic carbocycles. The topological polar surface area (TPSA) is 76.1 Å². The Morgan fingerprint density at radius 3 is 2.41 bits per heavy atom. The van der Waals surface area contributed by atoms with E-state index in [1.54, 1.807) is 30.3 Å². The Kier molecular flexibility index (Phi) is 5.01. The van der Waals surface area contributed by atoms with E-state index in [1.807, 2.05) is 53.6 Å². The first-order chi connectivity index (χ1) is 18.0. The van der Waals surface area contributed by atoms with E-state index < -0.39 is 23.9 Å². The van der Waals surface area contributed by atoms with Crippen LogP contribution in [0.15, 0.2) is 77.4 Å². The van der Waals surface area contributed by atoms with Crippen molar-refractivity contribution in [3.8, 4) is 11.5 Å². The summed E-state index contributed by atoms with van der Waals surface area (Å²) in [5.41, 5.74) is 2.85. The van der Waals surface area contributed by atoms with Crippen LogP contribution < -0.4 is 14.4 Å². The summed E-state index contributed by atoms with van der Waals surface area (Å²) in [5, 5.41) is 0. The maximum atomic E-state index is 14.0. The molecule has 2 saturated heterocycles. The standard InChI is InChI=1S/C29H21BrN2O5/c30-18-7-5-17(6-8-18)27(33)26-24-23(25-20-4-2-1-3-16(20)11-12-31(25)26)28(34)32(29(24)35)19-9-10-21-22(15-19)37-14-13-36-21/h1-12,15,23-26H,13-14H2/t23-,24+,25+,26-/m0/s1. The lowest BCUT2D eigenvalue weighted by molar-refractivity contribution is -0.123. The first-order valence-corrected chi connectivity index (χ1v) is 12.9. The van der Waals surface area contributed by atoms with Gasteiger partial charge in [0.25, 0.3) is 0 Å². The minimum Gasteiger partial charge on any atom is -0.486 e. The zero-order chi connectivity index (χ0) is 25.3. The SMILES string of the molecule is O=C(c1ccc(Br)cc1)[C@@H]1[C@@H]2C(=O)N(c3ccc4c(c3)OCCO4)C(=O)[C@@H]2[C@H]2c3ccccc3C=CN12. The Labute approximate surface area is 221 Å². The van der Waals surface area contributed by atoms with Crippen molar-refractivity contribution < 1.29 is 23.9 Å². The highest BCUT2D eigenvalue weighted by Crippen LogP contribution is 2.54. The van der Waals surface area contributed by atoms with E-state index in [-0.39, 0.29) is 17.6 Å². The van der Waals surface area contributed by atoms with Crippen molar-refractivity contribution in [2.45, 2.75) is 12.1 Å². The summed E-state index contributed by atoms with van der Waals surface area (Å²) in [4.78, 5) is 45.2. The number of ketones is 1. The Bertz CT molecular complexity index is 1500. The van der Waals surface area contributed by atoms with Gasteiger partial charge in [0, 0.05) is 22.3 Å². The van der Waals surface area contributed by atoms with Crippen molar-refractivity contribution in [3.63, 3.8) is 0 Å². The Morgan fingerprint density at radius 2 is 1.59 bits per heavy atom. The van der Waals surface area contributed by atoms with Crippen molar-refractivity contribution >= 4 is 45.3 Å². The van der Waals surface area contributed by atoms with Gasteiger partial charge in [-0.2, -0.15) is 0 Å². The van der Waals surface area contributed by atoms with Crippen LogP contribution in [0, 0.1) is 11.8 Å². The smallest absolute Gasteiger partial charge is 0.240 e. The monoisotopic (exact) mass is 556 g/mol. The molecule has 0 aromatic heterocycles. The highest BCUT2D eigenvalue weighted by Gasteiger charge is 2.64. The molecular formula is C29H21BrN2O5. The second kappa shape index (κ2) is 8.31. The van der Waals surface area contributed by atoms with Crippen molar-refractivity contribution in [1.29, 1.82) is 0 Å². The molecule has 0 bridgehead atoms. The number of carbonyl (C=O) groups excluding carboxylic acids is 3. The third-order valence-electron chi connectivity index (χ3n) is 7.64. The quantitative estimate of drug-likeness (QED) is 0.346. The van der Waals surface area contributed by atoms with Crippen LogP contribution in [0.2, 0.25) is 0 Å². The third kappa shape index (κ3) is 3.28. The molecule has 3 aromatic rings. The van der Waals surface area contributed by atoms with Gasteiger partial charge in [0.05, 0.1) is 23.6 Å². The van der Waals surface area contributed by atoms with Crippen LogP contribution in [-0.2, 0) is 9.59 Å². The Balaban J connectivity index is 1.35. The summed E-state index contributed by atoms with van der Waals surface area (Å²) in [5.74, 6) is -1.31. The number of halogens is 1. The van der Waals surface area contributed by atoms with Gasteiger partial charge in [-0.15, -0.1) is 0 Å². The van der Waals surface area contributed by atoms with Crippen molar-refractivity contribution in [3.05, 3.63) is 94.1 Å². The predicted octanol–water partition coefficient (Wildman–Crippen LogP) is 4.62. The van der Waals surface area contributed by atoms with E-state index in [4.69, 9.17) is 9.47 Å². The van der Waals surface area contributed by atoms with E-state index in [1.165, 1.54) is 4.90 Å². The largest absolute Gasteiger partial charge is 0.486 e. The minimum atomic E-state index is -0.822. The normalized spacial score (nSPS) is 25.1. The molecule has 0 saturated carbocycles. The molecule has 184 valence electrons. The number of hydrogen-bond donors (Lipinski definition) is 0. The van der Waals surface area contributed by atoms with Gasteiger partial charge in [-0.1, -0.05) is 52.3 Å². The van der Waals surface area contributed by atoms with Crippen LogP contribution in [-0.4, -0.2) is 41.8 Å². The zero-order valence-electron chi connectivity index (χ0n) is 19.5. The summed E-state index contributed by atoms with van der Waals surface area (Å²) in [6, 6.07) is 18.8. The van der Waals surface area contributed by atoms with Gasteiger partial charge < -0.3 is 14.4 Å². The Morgan fingerprint density at radius 1 is 0.865 bits per heavy atom. The molecule has 0 spiro atoms. The van der Waals surface area contributed by atoms with Crippen molar-refractivity contribution in [2.75, 3.05) is 18.1 Å². The second-order valence-electron chi connectivity index (χ2n) is 9.54. The molecule has 4 heterocycles. The Hall–Kier alpha value is -3.91. The first kappa shape index (κ1) is 22.3. The molecule has 0 N–H and O–H groups in total. The molecule has 7 nitrogen and oxygen atoms in total. The first-order valence-electron chi connectivity index (χ1n) is 12.1. The molecule has 2 amide bonds. The molecule has 0 radical (unpaired) electrons. The minimum absolute atomic E-state index is 0.181. The number of rotatable bonds is 3. The predicted molar refractivity (Wildman–Crippen MR) is 139 cm³/mol. The number of carbonyl (C=O) groups is 3. The number of fused-ring (bicyclic) bond motifs is 6. The third-order valence-corrected chi connectivity index (χ3v) is 8.17. The van der Waals surface area contributed by atoms with Gasteiger partial charge in [0.15, 0.2) is 17.3 Å². The number of hydrogen-bond acceptors (Lipinski definition) is 6. The molecule has 4 aliphatic heterocycles.